The summed E-state index contributed by atoms with van der Waals surface area (Å²) in [6.45, 7) is 6.87. The highest BCUT2D eigenvalue weighted by Gasteiger charge is 2.19. The molecule has 6 heteroatoms. The first-order chi connectivity index (χ1) is 12.4. The highest BCUT2D eigenvalue weighted by Crippen LogP contribution is 2.24. The number of halogens is 1. The monoisotopic (exact) mass is 392 g/mol. The van der Waals surface area contributed by atoms with Crippen molar-refractivity contribution in [3.8, 4) is 0 Å². The van der Waals surface area contributed by atoms with E-state index in [0.29, 0.717) is 22.0 Å². The smallest absolute Gasteiger partial charge is 0.240 e. The van der Waals surface area contributed by atoms with Gasteiger partial charge in [-0.25, -0.2) is 13.1 Å². The molecule has 1 heterocycles. The van der Waals surface area contributed by atoms with Gasteiger partial charge in [-0.05, 0) is 67.6 Å². The summed E-state index contributed by atoms with van der Waals surface area (Å²) in [5.41, 5.74) is 4.25. The Morgan fingerprint density at radius 3 is 2.62 bits per heavy atom. The molecule has 2 aromatic carbocycles. The van der Waals surface area contributed by atoms with Gasteiger partial charge in [-0.2, -0.15) is 0 Å². The molecule has 0 amide bonds. The molecule has 0 atom stereocenters. The second-order valence-electron chi connectivity index (χ2n) is 6.91. The molecule has 4 nitrogen and oxygen atoms in total. The molecule has 0 saturated heterocycles. The zero-order valence-corrected chi connectivity index (χ0v) is 16.8. The van der Waals surface area contributed by atoms with Crippen molar-refractivity contribution in [1.29, 1.82) is 0 Å². The molecular weight excluding hydrogens is 368 g/mol. The van der Waals surface area contributed by atoms with Crippen molar-refractivity contribution in [1.82, 2.24) is 9.62 Å². The number of benzene rings is 2. The Labute approximate surface area is 161 Å². The Hall–Kier alpha value is -1.40. The Balaban J connectivity index is 1.53. The van der Waals surface area contributed by atoms with Crippen LogP contribution in [0.4, 0.5) is 0 Å². The van der Waals surface area contributed by atoms with Gasteiger partial charge in [0.15, 0.2) is 0 Å². The summed E-state index contributed by atoms with van der Waals surface area (Å²) in [4.78, 5) is 2.69. The first kappa shape index (κ1) is 19.4. The molecule has 0 radical (unpaired) electrons. The van der Waals surface area contributed by atoms with Crippen LogP contribution in [0.1, 0.15) is 28.7 Å². The van der Waals surface area contributed by atoms with Gasteiger partial charge in [-0.3, -0.25) is 4.90 Å². The zero-order valence-electron chi connectivity index (χ0n) is 15.3. The van der Waals surface area contributed by atoms with E-state index in [1.807, 2.05) is 6.92 Å². The third-order valence-corrected chi connectivity index (χ3v) is 6.91. The normalized spacial score (nSPS) is 15.0. The van der Waals surface area contributed by atoms with E-state index < -0.39 is 10.0 Å². The molecule has 0 bridgehead atoms. The Kier molecular flexibility index (Phi) is 6.03. The minimum absolute atomic E-state index is 0.311. The van der Waals surface area contributed by atoms with Crippen LogP contribution in [0.15, 0.2) is 41.3 Å². The number of fused-ring (bicyclic) bond motifs is 1. The van der Waals surface area contributed by atoms with Gasteiger partial charge in [0.05, 0.1) is 4.90 Å². The predicted octanol–water partition coefficient (Wildman–Crippen LogP) is 3.68. The van der Waals surface area contributed by atoms with Gasteiger partial charge in [-0.1, -0.05) is 35.9 Å². The van der Waals surface area contributed by atoms with Crippen molar-refractivity contribution in [3.05, 3.63) is 63.7 Å². The van der Waals surface area contributed by atoms with Gasteiger partial charge in [-0.15, -0.1) is 0 Å². The maximum atomic E-state index is 12.6. The first-order valence-electron chi connectivity index (χ1n) is 8.92. The fourth-order valence-electron chi connectivity index (χ4n) is 3.38. The molecular formula is C20H25ClN2O2S. The van der Waals surface area contributed by atoms with E-state index in [9.17, 15) is 8.42 Å². The van der Waals surface area contributed by atoms with Crippen LogP contribution in [0.3, 0.4) is 0 Å². The van der Waals surface area contributed by atoms with Gasteiger partial charge >= 0.3 is 0 Å². The minimum atomic E-state index is -3.51. The lowest BCUT2D eigenvalue weighted by Crippen LogP contribution is -2.33. The van der Waals surface area contributed by atoms with E-state index >= 15 is 0 Å². The molecule has 140 valence electrons. The topological polar surface area (TPSA) is 49.4 Å². The van der Waals surface area contributed by atoms with Crippen LogP contribution in [-0.2, 0) is 23.0 Å². The molecule has 1 aliphatic rings. The van der Waals surface area contributed by atoms with Crippen LogP contribution in [0.5, 0.6) is 0 Å². The average Bonchev–Trinajstić information content (AvgIpc) is 2.61. The van der Waals surface area contributed by atoms with E-state index in [0.717, 1.165) is 38.0 Å². The average molecular weight is 393 g/mol. The molecule has 26 heavy (non-hydrogen) atoms. The van der Waals surface area contributed by atoms with E-state index in [4.69, 9.17) is 11.6 Å². The van der Waals surface area contributed by atoms with Crippen molar-refractivity contribution in [2.24, 2.45) is 0 Å². The molecule has 0 aliphatic carbocycles. The summed E-state index contributed by atoms with van der Waals surface area (Å²) in [5, 5.41) is 0.590. The van der Waals surface area contributed by atoms with Gasteiger partial charge in [0, 0.05) is 24.7 Å². The number of nitrogens with zero attached hydrogens (tertiary/aromatic N) is 1. The molecule has 0 spiro atoms. The predicted molar refractivity (Wildman–Crippen MR) is 106 cm³/mol. The minimum Gasteiger partial charge on any atom is -0.299 e. The Bertz CT molecular complexity index is 897. The van der Waals surface area contributed by atoms with E-state index in [1.165, 1.54) is 11.1 Å². The largest absolute Gasteiger partial charge is 0.299 e. The van der Waals surface area contributed by atoms with Crippen LogP contribution in [0.2, 0.25) is 5.02 Å². The first-order valence-corrected chi connectivity index (χ1v) is 10.8. The molecule has 0 fully saturated rings. The van der Waals surface area contributed by atoms with Gasteiger partial charge in [0.25, 0.3) is 0 Å². The van der Waals surface area contributed by atoms with Gasteiger partial charge in [0.1, 0.15) is 0 Å². The number of hydrogen-bond donors (Lipinski definition) is 1. The fraction of sp³-hybridized carbons (Fsp3) is 0.400. The second-order valence-corrected chi connectivity index (χ2v) is 9.06. The number of rotatable bonds is 6. The van der Waals surface area contributed by atoms with E-state index in [2.05, 4.69) is 33.9 Å². The number of nitrogens with one attached hydrogen (secondary N) is 1. The molecule has 1 aliphatic heterocycles. The summed E-state index contributed by atoms with van der Waals surface area (Å²) in [6.07, 6.45) is 1.85. The van der Waals surface area contributed by atoms with E-state index in [-0.39, 0.29) is 0 Å². The second kappa shape index (κ2) is 8.09. The summed E-state index contributed by atoms with van der Waals surface area (Å²) in [5.74, 6) is 0. The summed E-state index contributed by atoms with van der Waals surface area (Å²) in [7, 11) is -3.51. The fourth-order valence-corrected chi connectivity index (χ4v) is 4.98. The lowest BCUT2D eigenvalue weighted by Gasteiger charge is -2.28. The molecule has 2 aromatic rings. The summed E-state index contributed by atoms with van der Waals surface area (Å²) < 4.78 is 27.9. The number of aryl methyl sites for hydroxylation is 2. The third kappa shape index (κ3) is 4.46. The molecule has 0 unspecified atom stereocenters. The van der Waals surface area contributed by atoms with Crippen LogP contribution < -0.4 is 4.72 Å². The SMILES string of the molecule is Cc1cc(S(=O)(=O)NCCCN2CCc3ccccc3C2)c(C)cc1Cl. The lowest BCUT2D eigenvalue weighted by atomic mass is 10.00. The molecule has 0 aromatic heterocycles. The van der Waals surface area contributed by atoms with Gasteiger partial charge in [0.2, 0.25) is 10.0 Å². The van der Waals surface area contributed by atoms with Crippen molar-refractivity contribution in [2.45, 2.75) is 38.1 Å². The summed E-state index contributed by atoms with van der Waals surface area (Å²) in [6, 6.07) is 11.9. The van der Waals surface area contributed by atoms with E-state index in [1.54, 1.807) is 19.1 Å². The van der Waals surface area contributed by atoms with Crippen molar-refractivity contribution in [2.75, 3.05) is 19.6 Å². The quantitative estimate of drug-likeness (QED) is 0.763. The maximum Gasteiger partial charge on any atom is 0.240 e. The van der Waals surface area contributed by atoms with Crippen LogP contribution in [0.25, 0.3) is 0 Å². The maximum absolute atomic E-state index is 12.6. The third-order valence-electron chi connectivity index (χ3n) is 4.90. The number of sulfonamides is 1. The standard InChI is InChI=1S/C20H25ClN2O2S/c1-15-13-20(16(2)12-19(15)21)26(24,25)22-9-5-10-23-11-8-17-6-3-4-7-18(17)14-23/h3-4,6-7,12-13,22H,5,8-11,14H2,1-2H3. The lowest BCUT2D eigenvalue weighted by molar-refractivity contribution is 0.251. The summed E-state index contributed by atoms with van der Waals surface area (Å²) >= 11 is 6.06. The zero-order chi connectivity index (χ0) is 18.7. The van der Waals surface area contributed by atoms with Crippen molar-refractivity contribution >= 4 is 21.6 Å². The molecule has 0 saturated carbocycles. The highest BCUT2D eigenvalue weighted by atomic mass is 35.5. The molecule has 3 rings (SSSR count). The van der Waals surface area contributed by atoms with Crippen LogP contribution in [-0.4, -0.2) is 33.0 Å². The van der Waals surface area contributed by atoms with Gasteiger partial charge < -0.3 is 0 Å². The Morgan fingerprint density at radius 1 is 1.12 bits per heavy atom. The van der Waals surface area contributed by atoms with Crippen LogP contribution >= 0.6 is 11.6 Å². The number of hydrogen-bond acceptors (Lipinski definition) is 3. The Morgan fingerprint density at radius 2 is 1.85 bits per heavy atom. The van der Waals surface area contributed by atoms with Crippen molar-refractivity contribution < 1.29 is 8.42 Å². The van der Waals surface area contributed by atoms with Crippen molar-refractivity contribution in [3.63, 3.8) is 0 Å². The highest BCUT2D eigenvalue weighted by molar-refractivity contribution is 7.89. The molecule has 1 N–H and O–H groups in total. The van der Waals surface area contributed by atoms with Crippen LogP contribution in [0, 0.1) is 13.8 Å².